The van der Waals surface area contributed by atoms with Crippen molar-refractivity contribution in [2.75, 3.05) is 23.3 Å². The van der Waals surface area contributed by atoms with Crippen molar-refractivity contribution >= 4 is 23.2 Å². The van der Waals surface area contributed by atoms with Crippen LogP contribution in [-0.4, -0.2) is 24.6 Å². The zero-order valence-electron chi connectivity index (χ0n) is 19.7. The number of benzene rings is 3. The predicted molar refractivity (Wildman–Crippen MR) is 135 cm³/mol. The molecule has 4 nitrogen and oxygen atoms in total. The van der Waals surface area contributed by atoms with Gasteiger partial charge in [0.15, 0.2) is 5.78 Å². The van der Waals surface area contributed by atoms with E-state index in [1.165, 1.54) is 5.69 Å². The quantitative estimate of drug-likeness (QED) is 0.477. The predicted octanol–water partition coefficient (Wildman–Crippen LogP) is 6.27. The molecular weight excluding hydrogens is 408 g/mol. The fourth-order valence-electron chi connectivity index (χ4n) is 4.99. The molecule has 33 heavy (non-hydrogen) atoms. The smallest absolute Gasteiger partial charge is 0.209 e. The van der Waals surface area contributed by atoms with Crippen LogP contribution in [0.15, 0.2) is 72.8 Å². The van der Waals surface area contributed by atoms with Gasteiger partial charge in [-0.25, -0.2) is 0 Å². The number of ether oxygens (including phenoxy) is 1. The fourth-order valence-corrected chi connectivity index (χ4v) is 4.99. The minimum Gasteiger partial charge on any atom is -0.463 e. The standard InChI is InChI=1S/C29H30N2O2/c1-5-31(6-2)23-13-15-26-21(18-23)16-17-29(33-26)28(3,4)24-19-22(12-14-25(24)30-29)27(32)20-10-8-7-9-11-20/h7-19,30H,5-6H2,1-4H3. The Bertz CT molecular complexity index is 1240. The number of carbonyl (C=O) groups excluding carboxylic acids is 1. The molecule has 0 amide bonds. The number of nitrogens with one attached hydrogen (secondary N) is 1. The highest BCUT2D eigenvalue weighted by Gasteiger charge is 2.54. The van der Waals surface area contributed by atoms with Crippen LogP contribution in [0, 0.1) is 0 Å². The molecule has 3 aromatic carbocycles. The van der Waals surface area contributed by atoms with Gasteiger partial charge in [0.25, 0.3) is 0 Å². The molecule has 0 saturated heterocycles. The Morgan fingerprint density at radius 2 is 1.70 bits per heavy atom. The lowest BCUT2D eigenvalue weighted by Gasteiger charge is -2.41. The highest BCUT2D eigenvalue weighted by molar-refractivity contribution is 6.09. The van der Waals surface area contributed by atoms with Crippen LogP contribution in [0.25, 0.3) is 6.08 Å². The van der Waals surface area contributed by atoms with Crippen LogP contribution in [-0.2, 0) is 5.41 Å². The van der Waals surface area contributed by atoms with Crippen LogP contribution in [0.5, 0.6) is 5.75 Å². The zero-order valence-corrected chi connectivity index (χ0v) is 19.7. The lowest BCUT2D eigenvalue weighted by Crippen LogP contribution is -2.53. The Balaban J connectivity index is 1.48. The molecule has 2 heterocycles. The van der Waals surface area contributed by atoms with Gasteiger partial charge in [-0.2, -0.15) is 0 Å². The van der Waals surface area contributed by atoms with Gasteiger partial charge in [0.1, 0.15) is 5.75 Å². The van der Waals surface area contributed by atoms with Crippen molar-refractivity contribution in [2.45, 2.75) is 38.8 Å². The Hall–Kier alpha value is -3.53. The maximum Gasteiger partial charge on any atom is 0.209 e. The van der Waals surface area contributed by atoms with Crippen molar-refractivity contribution in [3.05, 3.63) is 95.1 Å². The summed E-state index contributed by atoms with van der Waals surface area (Å²) in [7, 11) is 0. The molecule has 3 aromatic rings. The van der Waals surface area contributed by atoms with Crippen LogP contribution in [0.4, 0.5) is 11.4 Å². The summed E-state index contributed by atoms with van der Waals surface area (Å²) in [4.78, 5) is 15.4. The molecule has 2 aliphatic heterocycles. The van der Waals surface area contributed by atoms with Gasteiger partial charge in [0.2, 0.25) is 5.72 Å². The summed E-state index contributed by atoms with van der Waals surface area (Å²) in [5.41, 5.74) is 4.65. The molecule has 1 unspecified atom stereocenters. The van der Waals surface area contributed by atoms with Gasteiger partial charge in [0, 0.05) is 41.2 Å². The number of rotatable bonds is 5. The molecule has 168 valence electrons. The minimum atomic E-state index is -0.715. The maximum absolute atomic E-state index is 13.1. The van der Waals surface area contributed by atoms with E-state index in [4.69, 9.17) is 4.74 Å². The minimum absolute atomic E-state index is 0.0320. The molecule has 0 saturated carbocycles. The van der Waals surface area contributed by atoms with Crippen LogP contribution < -0.4 is 15.0 Å². The summed E-state index contributed by atoms with van der Waals surface area (Å²) >= 11 is 0. The molecule has 1 N–H and O–H groups in total. The van der Waals surface area contributed by atoms with E-state index in [0.717, 1.165) is 35.7 Å². The SMILES string of the molecule is CCN(CC)c1ccc2c(c1)C=CC1(Nc3ccc(C(=O)c4ccccc4)cc3C1(C)C)O2. The van der Waals surface area contributed by atoms with Gasteiger partial charge < -0.3 is 15.0 Å². The van der Waals surface area contributed by atoms with Gasteiger partial charge in [0.05, 0.1) is 5.41 Å². The summed E-state index contributed by atoms with van der Waals surface area (Å²) in [6.45, 7) is 10.6. The molecule has 0 aromatic heterocycles. The summed E-state index contributed by atoms with van der Waals surface area (Å²) in [6, 6.07) is 21.7. The molecular formula is C29H30N2O2. The second kappa shape index (κ2) is 7.80. The third-order valence-corrected chi connectivity index (χ3v) is 7.13. The molecule has 0 aliphatic carbocycles. The molecule has 0 radical (unpaired) electrons. The lowest BCUT2D eigenvalue weighted by molar-refractivity contribution is 0.0823. The monoisotopic (exact) mass is 438 g/mol. The molecule has 0 fully saturated rings. The van der Waals surface area contributed by atoms with E-state index in [2.05, 4.69) is 68.3 Å². The number of hydrogen-bond acceptors (Lipinski definition) is 4. The zero-order chi connectivity index (χ0) is 23.2. The average molecular weight is 439 g/mol. The van der Waals surface area contributed by atoms with E-state index in [1.54, 1.807) is 0 Å². The maximum atomic E-state index is 13.1. The molecule has 4 heteroatoms. The second-order valence-corrected chi connectivity index (χ2v) is 9.27. The normalized spacial score (nSPS) is 19.4. The van der Waals surface area contributed by atoms with E-state index in [9.17, 15) is 4.79 Å². The molecule has 1 atom stereocenters. The largest absolute Gasteiger partial charge is 0.463 e. The topological polar surface area (TPSA) is 41.6 Å². The second-order valence-electron chi connectivity index (χ2n) is 9.27. The summed E-state index contributed by atoms with van der Waals surface area (Å²) in [6.07, 6.45) is 4.28. The number of hydrogen-bond donors (Lipinski definition) is 1. The van der Waals surface area contributed by atoms with Crippen LogP contribution >= 0.6 is 0 Å². The van der Waals surface area contributed by atoms with E-state index in [-0.39, 0.29) is 11.2 Å². The summed E-state index contributed by atoms with van der Waals surface area (Å²) in [5.74, 6) is 0.895. The van der Waals surface area contributed by atoms with E-state index in [1.807, 2.05) is 48.5 Å². The molecule has 2 aliphatic rings. The van der Waals surface area contributed by atoms with E-state index < -0.39 is 5.72 Å². The van der Waals surface area contributed by atoms with Crippen molar-refractivity contribution in [1.29, 1.82) is 0 Å². The summed E-state index contributed by atoms with van der Waals surface area (Å²) < 4.78 is 6.66. The van der Waals surface area contributed by atoms with E-state index >= 15 is 0 Å². The van der Waals surface area contributed by atoms with Gasteiger partial charge in [-0.1, -0.05) is 30.3 Å². The number of anilines is 2. The number of nitrogens with zero attached hydrogens (tertiary/aromatic N) is 1. The molecule has 1 spiro atoms. The average Bonchev–Trinajstić information content (AvgIpc) is 3.05. The fraction of sp³-hybridized carbons (Fsp3) is 0.276. The first-order valence-corrected chi connectivity index (χ1v) is 11.7. The van der Waals surface area contributed by atoms with Crippen molar-refractivity contribution in [3.63, 3.8) is 0 Å². The Labute approximate surface area is 195 Å². The first kappa shape index (κ1) is 21.3. The van der Waals surface area contributed by atoms with Crippen LogP contribution in [0.1, 0.15) is 54.7 Å². The van der Waals surface area contributed by atoms with Crippen molar-refractivity contribution in [3.8, 4) is 5.75 Å². The number of ketones is 1. The highest BCUT2D eigenvalue weighted by Crippen LogP contribution is 2.51. The van der Waals surface area contributed by atoms with Crippen molar-refractivity contribution in [1.82, 2.24) is 0 Å². The molecule has 5 rings (SSSR count). The van der Waals surface area contributed by atoms with E-state index in [0.29, 0.717) is 11.1 Å². The third-order valence-electron chi connectivity index (χ3n) is 7.13. The third kappa shape index (κ3) is 3.32. The van der Waals surface area contributed by atoms with Gasteiger partial charge >= 0.3 is 0 Å². The number of carbonyl (C=O) groups is 1. The van der Waals surface area contributed by atoms with Gasteiger partial charge in [-0.15, -0.1) is 0 Å². The van der Waals surface area contributed by atoms with Gasteiger partial charge in [-0.3, -0.25) is 4.79 Å². The Morgan fingerprint density at radius 3 is 2.42 bits per heavy atom. The van der Waals surface area contributed by atoms with Gasteiger partial charge in [-0.05, 0) is 81.8 Å². The van der Waals surface area contributed by atoms with Crippen LogP contribution in [0.2, 0.25) is 0 Å². The highest BCUT2D eigenvalue weighted by atomic mass is 16.5. The Kier molecular flexibility index (Phi) is 5.04. The first-order chi connectivity index (χ1) is 15.9. The summed E-state index contributed by atoms with van der Waals surface area (Å²) in [5, 5.41) is 3.62. The van der Waals surface area contributed by atoms with Crippen LogP contribution in [0.3, 0.4) is 0 Å². The lowest BCUT2D eigenvalue weighted by atomic mass is 9.76. The van der Waals surface area contributed by atoms with Crippen molar-refractivity contribution < 1.29 is 9.53 Å². The number of fused-ring (bicyclic) bond motifs is 2. The van der Waals surface area contributed by atoms with Crippen molar-refractivity contribution in [2.24, 2.45) is 0 Å². The first-order valence-electron chi connectivity index (χ1n) is 11.7. The molecule has 0 bridgehead atoms. The Morgan fingerprint density at radius 1 is 0.939 bits per heavy atom.